The van der Waals surface area contributed by atoms with Crippen LogP contribution in [0.1, 0.15) is 16.7 Å². The molecule has 0 heterocycles. The van der Waals surface area contributed by atoms with Crippen molar-refractivity contribution in [2.45, 2.75) is 18.0 Å². The molecule has 2 aromatic rings. The van der Waals surface area contributed by atoms with Gasteiger partial charge in [0, 0.05) is 19.7 Å². The van der Waals surface area contributed by atoms with Gasteiger partial charge in [0.2, 0.25) is 15.9 Å². The summed E-state index contributed by atoms with van der Waals surface area (Å²) in [5.41, 5.74) is 2.76. The molecule has 0 aliphatic rings. The number of hydrogen-bond donors (Lipinski definition) is 2. The Balaban J connectivity index is 1.96. The maximum absolute atomic E-state index is 12.0. The minimum absolute atomic E-state index is 0.177. The number of ether oxygens (including phenoxy) is 1. The molecule has 0 saturated carbocycles. The molecular weight excluding hydrogens is 352 g/mol. The largest absolute Gasteiger partial charge is 0.380 e. The van der Waals surface area contributed by atoms with Crippen molar-refractivity contribution in [2.75, 3.05) is 14.2 Å². The van der Waals surface area contributed by atoms with Gasteiger partial charge < -0.3 is 10.1 Å². The number of sulfonamides is 1. The van der Waals surface area contributed by atoms with E-state index in [9.17, 15) is 13.2 Å². The van der Waals surface area contributed by atoms with E-state index in [-0.39, 0.29) is 10.8 Å². The summed E-state index contributed by atoms with van der Waals surface area (Å²) < 4.78 is 30.7. The van der Waals surface area contributed by atoms with E-state index in [1.807, 2.05) is 24.3 Å². The molecular formula is C19H22N2O4S. The van der Waals surface area contributed by atoms with Crippen LogP contribution in [-0.2, 0) is 32.7 Å². The van der Waals surface area contributed by atoms with Gasteiger partial charge in [0.1, 0.15) is 0 Å². The molecule has 0 unspecified atom stereocenters. The van der Waals surface area contributed by atoms with E-state index in [0.717, 1.165) is 16.7 Å². The number of benzene rings is 2. The van der Waals surface area contributed by atoms with Crippen molar-refractivity contribution < 1.29 is 17.9 Å². The highest BCUT2D eigenvalue weighted by Crippen LogP contribution is 2.12. The van der Waals surface area contributed by atoms with E-state index in [4.69, 9.17) is 4.74 Å². The monoisotopic (exact) mass is 374 g/mol. The minimum Gasteiger partial charge on any atom is -0.380 e. The Morgan fingerprint density at radius 1 is 1.08 bits per heavy atom. The lowest BCUT2D eigenvalue weighted by Crippen LogP contribution is -2.21. The normalized spacial score (nSPS) is 11.6. The van der Waals surface area contributed by atoms with Crippen LogP contribution >= 0.6 is 0 Å². The third-order valence-electron chi connectivity index (χ3n) is 3.76. The number of nitrogens with one attached hydrogen (secondary N) is 2. The molecule has 2 N–H and O–H groups in total. The number of carbonyl (C=O) groups is 1. The topological polar surface area (TPSA) is 84.5 Å². The highest BCUT2D eigenvalue weighted by atomic mass is 32.2. The molecule has 7 heteroatoms. The maximum Gasteiger partial charge on any atom is 0.244 e. The Hall–Kier alpha value is -2.48. The fraction of sp³-hybridized carbons (Fsp3) is 0.211. The average Bonchev–Trinajstić information content (AvgIpc) is 2.66. The van der Waals surface area contributed by atoms with Gasteiger partial charge in [-0.25, -0.2) is 13.1 Å². The van der Waals surface area contributed by atoms with E-state index in [0.29, 0.717) is 13.2 Å². The van der Waals surface area contributed by atoms with Gasteiger partial charge in [-0.2, -0.15) is 0 Å². The van der Waals surface area contributed by atoms with Crippen molar-refractivity contribution in [2.24, 2.45) is 0 Å². The summed E-state index contributed by atoms with van der Waals surface area (Å²) in [4.78, 5) is 12.2. The Morgan fingerprint density at radius 2 is 1.73 bits per heavy atom. The van der Waals surface area contributed by atoms with Crippen LogP contribution in [-0.4, -0.2) is 28.5 Å². The van der Waals surface area contributed by atoms with E-state index in [2.05, 4.69) is 10.0 Å². The molecule has 0 spiro atoms. The molecule has 138 valence electrons. The van der Waals surface area contributed by atoms with Crippen LogP contribution in [0.2, 0.25) is 0 Å². The van der Waals surface area contributed by atoms with Crippen LogP contribution in [0.25, 0.3) is 6.08 Å². The Kier molecular flexibility index (Phi) is 7.08. The summed E-state index contributed by atoms with van der Waals surface area (Å²) in [6.07, 6.45) is 3.05. The zero-order chi connectivity index (χ0) is 19.0. The number of amides is 1. The van der Waals surface area contributed by atoms with Crippen LogP contribution < -0.4 is 10.0 Å². The number of carbonyl (C=O) groups excluding carboxylic acids is 1. The van der Waals surface area contributed by atoms with Crippen LogP contribution in [0.15, 0.2) is 59.5 Å². The van der Waals surface area contributed by atoms with Crippen molar-refractivity contribution in [3.05, 3.63) is 71.3 Å². The van der Waals surface area contributed by atoms with Crippen LogP contribution in [0, 0.1) is 0 Å². The highest BCUT2D eigenvalue weighted by molar-refractivity contribution is 7.89. The summed E-state index contributed by atoms with van der Waals surface area (Å²) in [5.74, 6) is -0.232. The molecule has 0 aliphatic carbocycles. The summed E-state index contributed by atoms with van der Waals surface area (Å²) in [7, 11) is -0.468. The summed E-state index contributed by atoms with van der Waals surface area (Å²) >= 11 is 0. The van der Waals surface area contributed by atoms with Gasteiger partial charge in [-0.05, 0) is 41.9 Å². The predicted molar refractivity (Wildman–Crippen MR) is 101 cm³/mol. The molecule has 0 aliphatic heterocycles. The summed E-state index contributed by atoms with van der Waals surface area (Å²) in [6.45, 7) is 0.895. The molecule has 0 aromatic heterocycles. The molecule has 2 aromatic carbocycles. The Morgan fingerprint density at radius 3 is 2.35 bits per heavy atom. The standard InChI is InChI=1S/C19H22N2O4S/c1-20-26(23,24)18-10-7-15(8-11-18)9-12-19(22)21-13-16-5-3-4-6-17(16)14-25-2/h3-12,20H,13-14H2,1-2H3,(H,21,22)/b12-9+. The molecule has 2 rings (SSSR count). The average molecular weight is 374 g/mol. The fourth-order valence-corrected chi connectivity index (χ4v) is 3.05. The van der Waals surface area contributed by atoms with Crippen LogP contribution in [0.4, 0.5) is 0 Å². The van der Waals surface area contributed by atoms with Gasteiger partial charge in [0.15, 0.2) is 0 Å². The Labute approximate surface area is 153 Å². The lowest BCUT2D eigenvalue weighted by atomic mass is 10.1. The minimum atomic E-state index is -3.46. The third-order valence-corrected chi connectivity index (χ3v) is 5.19. The summed E-state index contributed by atoms with van der Waals surface area (Å²) in [6, 6.07) is 14.0. The van der Waals surface area contributed by atoms with E-state index < -0.39 is 10.0 Å². The first kappa shape index (κ1) is 19.8. The van der Waals surface area contributed by atoms with Gasteiger partial charge in [0.25, 0.3) is 0 Å². The molecule has 0 radical (unpaired) electrons. The number of rotatable bonds is 8. The maximum atomic E-state index is 12.0. The second kappa shape index (κ2) is 9.28. The molecule has 0 saturated heterocycles. The third kappa shape index (κ3) is 5.52. The molecule has 0 atom stereocenters. The number of hydrogen-bond acceptors (Lipinski definition) is 4. The van der Waals surface area contributed by atoms with Crippen molar-refractivity contribution in [1.82, 2.24) is 10.0 Å². The van der Waals surface area contributed by atoms with Gasteiger partial charge in [0.05, 0.1) is 11.5 Å². The van der Waals surface area contributed by atoms with Crippen molar-refractivity contribution in [3.63, 3.8) is 0 Å². The van der Waals surface area contributed by atoms with Gasteiger partial charge in [-0.3, -0.25) is 4.79 Å². The predicted octanol–water partition coefficient (Wildman–Crippen LogP) is 2.07. The fourth-order valence-electron chi connectivity index (χ4n) is 2.32. The van der Waals surface area contributed by atoms with Gasteiger partial charge in [-0.1, -0.05) is 36.4 Å². The lowest BCUT2D eigenvalue weighted by molar-refractivity contribution is -0.116. The second-order valence-corrected chi connectivity index (χ2v) is 7.42. The Bertz CT molecular complexity index is 875. The second-order valence-electron chi connectivity index (χ2n) is 5.53. The lowest BCUT2D eigenvalue weighted by Gasteiger charge is -2.09. The molecule has 1 amide bonds. The first-order chi connectivity index (χ1) is 12.5. The zero-order valence-electron chi connectivity index (χ0n) is 14.7. The quantitative estimate of drug-likeness (QED) is 0.693. The smallest absolute Gasteiger partial charge is 0.244 e. The molecule has 0 bridgehead atoms. The first-order valence-electron chi connectivity index (χ1n) is 8.01. The molecule has 0 fully saturated rings. The van der Waals surface area contributed by atoms with E-state index in [1.165, 1.54) is 25.3 Å². The van der Waals surface area contributed by atoms with Crippen molar-refractivity contribution >= 4 is 22.0 Å². The summed E-state index contributed by atoms with van der Waals surface area (Å²) in [5, 5.41) is 2.83. The van der Waals surface area contributed by atoms with Gasteiger partial charge >= 0.3 is 0 Å². The highest BCUT2D eigenvalue weighted by Gasteiger charge is 2.09. The van der Waals surface area contributed by atoms with E-state index >= 15 is 0 Å². The zero-order valence-corrected chi connectivity index (χ0v) is 15.5. The van der Waals surface area contributed by atoms with Crippen LogP contribution in [0.5, 0.6) is 0 Å². The molecule has 6 nitrogen and oxygen atoms in total. The van der Waals surface area contributed by atoms with E-state index in [1.54, 1.807) is 25.3 Å². The van der Waals surface area contributed by atoms with Crippen molar-refractivity contribution in [3.8, 4) is 0 Å². The number of methoxy groups -OCH3 is 1. The SMILES string of the molecule is CNS(=O)(=O)c1ccc(/C=C/C(=O)NCc2ccccc2COC)cc1. The molecule has 26 heavy (non-hydrogen) atoms. The van der Waals surface area contributed by atoms with Gasteiger partial charge in [-0.15, -0.1) is 0 Å². The van der Waals surface area contributed by atoms with Crippen molar-refractivity contribution in [1.29, 1.82) is 0 Å². The first-order valence-corrected chi connectivity index (χ1v) is 9.50. The van der Waals surface area contributed by atoms with Crippen LogP contribution in [0.3, 0.4) is 0 Å².